The minimum Gasteiger partial charge on any atom is -0.490 e. The fourth-order valence-electron chi connectivity index (χ4n) is 3.06. The van der Waals surface area contributed by atoms with Gasteiger partial charge in [-0.15, -0.1) is 11.6 Å². The van der Waals surface area contributed by atoms with E-state index >= 15 is 0 Å². The van der Waals surface area contributed by atoms with Crippen molar-refractivity contribution in [2.75, 3.05) is 32.3 Å². The molecular weight excluding hydrogens is 318 g/mol. The Kier molecular flexibility index (Phi) is 5.62. The lowest BCUT2D eigenvalue weighted by atomic mass is 10.1. The van der Waals surface area contributed by atoms with Gasteiger partial charge in [-0.3, -0.25) is 4.79 Å². The van der Waals surface area contributed by atoms with E-state index in [-0.39, 0.29) is 17.8 Å². The van der Waals surface area contributed by atoms with Crippen LogP contribution in [0.25, 0.3) is 0 Å². The maximum atomic E-state index is 12.3. The highest BCUT2D eigenvalue weighted by molar-refractivity contribution is 6.27. The van der Waals surface area contributed by atoms with Crippen molar-refractivity contribution >= 4 is 17.5 Å². The quantitative estimate of drug-likeness (QED) is 0.791. The molecule has 0 aromatic heterocycles. The van der Waals surface area contributed by atoms with Crippen LogP contribution in [-0.2, 0) is 16.1 Å². The number of rotatable bonds is 4. The number of hydrogen-bond donors (Lipinski definition) is 0. The van der Waals surface area contributed by atoms with E-state index < -0.39 is 0 Å². The molecule has 2 heterocycles. The first-order valence-corrected chi connectivity index (χ1v) is 8.63. The van der Waals surface area contributed by atoms with E-state index in [0.29, 0.717) is 33.0 Å². The van der Waals surface area contributed by atoms with E-state index in [1.165, 1.54) is 0 Å². The highest BCUT2D eigenvalue weighted by Crippen LogP contribution is 2.34. The Bertz CT molecular complexity index is 545. The molecule has 23 heavy (non-hydrogen) atoms. The molecule has 0 radical (unpaired) electrons. The molecule has 0 aliphatic carbocycles. The Labute approximate surface area is 141 Å². The van der Waals surface area contributed by atoms with E-state index in [0.717, 1.165) is 36.3 Å². The smallest absolute Gasteiger partial charge is 0.238 e. The summed E-state index contributed by atoms with van der Waals surface area (Å²) in [6.07, 6.45) is 2.54. The predicted molar refractivity (Wildman–Crippen MR) is 87.2 cm³/mol. The van der Waals surface area contributed by atoms with Crippen LogP contribution in [0.5, 0.6) is 11.5 Å². The van der Waals surface area contributed by atoms with E-state index in [1.54, 1.807) is 0 Å². The normalized spacial score (nSPS) is 18.3. The highest BCUT2D eigenvalue weighted by atomic mass is 35.5. The number of carbonyl (C=O) groups excluding carboxylic acids is 1. The van der Waals surface area contributed by atoms with Crippen LogP contribution in [-0.4, -0.2) is 49.2 Å². The minimum atomic E-state index is -0.0503. The summed E-state index contributed by atoms with van der Waals surface area (Å²) in [6.45, 7) is 3.14. The Morgan fingerprint density at radius 1 is 1.17 bits per heavy atom. The number of carbonyl (C=O) groups is 1. The average molecular weight is 340 g/mol. The van der Waals surface area contributed by atoms with Gasteiger partial charge in [-0.1, -0.05) is 12.1 Å². The maximum absolute atomic E-state index is 12.3. The SMILES string of the molecule is O=C(CCl)N(Cc1cccc2c1OCCCO2)C1CCOCC1. The van der Waals surface area contributed by atoms with E-state index in [2.05, 4.69) is 0 Å². The maximum Gasteiger partial charge on any atom is 0.238 e. The fourth-order valence-corrected chi connectivity index (χ4v) is 3.21. The number of fused-ring (bicyclic) bond motifs is 1. The average Bonchev–Trinajstić information content (AvgIpc) is 2.85. The van der Waals surface area contributed by atoms with Gasteiger partial charge in [0.15, 0.2) is 11.5 Å². The number of halogens is 1. The van der Waals surface area contributed by atoms with Gasteiger partial charge >= 0.3 is 0 Å². The first kappa shape index (κ1) is 16.4. The third kappa shape index (κ3) is 3.90. The molecular formula is C17H22ClNO4. The molecule has 0 atom stereocenters. The lowest BCUT2D eigenvalue weighted by molar-refractivity contribution is -0.133. The molecule has 126 valence electrons. The van der Waals surface area contributed by atoms with E-state index in [4.69, 9.17) is 25.8 Å². The van der Waals surface area contributed by atoms with Gasteiger partial charge in [0, 0.05) is 37.8 Å². The number of nitrogens with zero attached hydrogens (tertiary/aromatic N) is 1. The fraction of sp³-hybridized carbons (Fsp3) is 0.588. The first-order chi connectivity index (χ1) is 11.3. The Morgan fingerprint density at radius 2 is 1.96 bits per heavy atom. The van der Waals surface area contributed by atoms with Crippen molar-refractivity contribution in [1.82, 2.24) is 4.90 Å². The van der Waals surface area contributed by atoms with Gasteiger partial charge in [0.05, 0.1) is 13.2 Å². The van der Waals surface area contributed by atoms with Crippen LogP contribution in [0.3, 0.4) is 0 Å². The van der Waals surface area contributed by atoms with Crippen molar-refractivity contribution in [3.8, 4) is 11.5 Å². The second-order valence-electron chi connectivity index (χ2n) is 5.79. The molecule has 5 nitrogen and oxygen atoms in total. The Balaban J connectivity index is 1.83. The molecule has 6 heteroatoms. The minimum absolute atomic E-state index is 0.0102. The molecule has 1 saturated heterocycles. The molecule has 2 aliphatic heterocycles. The van der Waals surface area contributed by atoms with E-state index in [1.807, 2.05) is 23.1 Å². The van der Waals surface area contributed by atoms with Crippen LogP contribution in [0.2, 0.25) is 0 Å². The second kappa shape index (κ2) is 7.88. The molecule has 0 spiro atoms. The Morgan fingerprint density at radius 3 is 2.74 bits per heavy atom. The molecule has 1 aromatic rings. The van der Waals surface area contributed by atoms with Crippen LogP contribution in [0.1, 0.15) is 24.8 Å². The predicted octanol–water partition coefficient (Wildman–Crippen LogP) is 2.59. The number of hydrogen-bond acceptors (Lipinski definition) is 4. The summed E-state index contributed by atoms with van der Waals surface area (Å²) in [5.41, 5.74) is 0.967. The highest BCUT2D eigenvalue weighted by Gasteiger charge is 2.27. The van der Waals surface area contributed by atoms with Crippen molar-refractivity contribution in [3.63, 3.8) is 0 Å². The summed E-state index contributed by atoms with van der Waals surface area (Å²) in [6, 6.07) is 6.00. The van der Waals surface area contributed by atoms with E-state index in [9.17, 15) is 4.79 Å². The van der Waals surface area contributed by atoms with Gasteiger partial charge in [-0.25, -0.2) is 0 Å². The van der Waals surface area contributed by atoms with Gasteiger partial charge in [-0.05, 0) is 18.9 Å². The van der Waals surface area contributed by atoms with Gasteiger partial charge in [-0.2, -0.15) is 0 Å². The topological polar surface area (TPSA) is 48.0 Å². The largest absolute Gasteiger partial charge is 0.490 e. The molecule has 0 N–H and O–H groups in total. The lowest BCUT2D eigenvalue weighted by Crippen LogP contribution is -2.43. The second-order valence-corrected chi connectivity index (χ2v) is 6.06. The van der Waals surface area contributed by atoms with Crippen LogP contribution in [0, 0.1) is 0 Å². The van der Waals surface area contributed by atoms with Crippen LogP contribution < -0.4 is 9.47 Å². The molecule has 3 rings (SSSR count). The van der Waals surface area contributed by atoms with Crippen molar-refractivity contribution in [2.24, 2.45) is 0 Å². The number of benzene rings is 1. The molecule has 1 fully saturated rings. The molecule has 2 aliphatic rings. The summed E-state index contributed by atoms with van der Waals surface area (Å²) in [7, 11) is 0. The molecule has 0 bridgehead atoms. The zero-order chi connectivity index (χ0) is 16.1. The standard InChI is InChI=1S/C17H22ClNO4/c18-11-16(20)19(14-5-9-21-10-6-14)12-13-3-1-4-15-17(13)23-8-2-7-22-15/h1,3-4,14H,2,5-12H2. The van der Waals surface area contributed by atoms with Crippen molar-refractivity contribution in [2.45, 2.75) is 31.8 Å². The monoisotopic (exact) mass is 339 g/mol. The zero-order valence-corrected chi connectivity index (χ0v) is 13.9. The summed E-state index contributed by atoms with van der Waals surface area (Å²) in [5.74, 6) is 1.45. The van der Waals surface area contributed by atoms with Crippen molar-refractivity contribution in [1.29, 1.82) is 0 Å². The van der Waals surface area contributed by atoms with Crippen LogP contribution in [0.4, 0.5) is 0 Å². The molecule has 1 amide bonds. The summed E-state index contributed by atoms with van der Waals surface area (Å²) < 4.78 is 17.0. The third-order valence-electron chi connectivity index (χ3n) is 4.26. The molecule has 1 aromatic carbocycles. The number of amides is 1. The zero-order valence-electron chi connectivity index (χ0n) is 13.1. The number of alkyl halides is 1. The third-order valence-corrected chi connectivity index (χ3v) is 4.49. The van der Waals surface area contributed by atoms with Gasteiger partial charge in [0.25, 0.3) is 0 Å². The van der Waals surface area contributed by atoms with Crippen molar-refractivity contribution < 1.29 is 19.0 Å². The molecule has 0 saturated carbocycles. The molecule has 0 unspecified atom stereocenters. The summed E-state index contributed by atoms with van der Waals surface area (Å²) in [4.78, 5) is 14.2. The number of para-hydroxylation sites is 1. The number of ether oxygens (including phenoxy) is 3. The van der Waals surface area contributed by atoms with Gasteiger partial charge < -0.3 is 19.1 Å². The lowest BCUT2D eigenvalue weighted by Gasteiger charge is -2.34. The summed E-state index contributed by atoms with van der Waals surface area (Å²) >= 11 is 5.82. The van der Waals surface area contributed by atoms with Gasteiger partial charge in [0.2, 0.25) is 5.91 Å². The van der Waals surface area contributed by atoms with Crippen molar-refractivity contribution in [3.05, 3.63) is 23.8 Å². The first-order valence-electron chi connectivity index (χ1n) is 8.10. The van der Waals surface area contributed by atoms with Crippen LogP contribution >= 0.6 is 11.6 Å². The summed E-state index contributed by atoms with van der Waals surface area (Å²) in [5, 5.41) is 0. The Hall–Kier alpha value is -1.46. The van der Waals surface area contributed by atoms with Crippen LogP contribution in [0.15, 0.2) is 18.2 Å². The van der Waals surface area contributed by atoms with Gasteiger partial charge in [0.1, 0.15) is 5.88 Å².